The molecule has 0 amide bonds. The molecule has 3 aromatic rings. The third-order valence-electron chi connectivity index (χ3n) is 6.45. The molecule has 0 aliphatic carbocycles. The molecule has 0 aliphatic heterocycles. The molecule has 208 valence electrons. The van der Waals surface area contributed by atoms with Crippen LogP contribution < -0.4 is 24.3 Å². The minimum absolute atomic E-state index is 0.153. The van der Waals surface area contributed by atoms with E-state index in [1.807, 2.05) is 24.3 Å². The van der Waals surface area contributed by atoms with Crippen LogP contribution in [0.2, 0.25) is 0 Å². The van der Waals surface area contributed by atoms with Crippen molar-refractivity contribution in [3.8, 4) is 23.0 Å². The van der Waals surface area contributed by atoms with Crippen molar-refractivity contribution in [1.29, 1.82) is 0 Å². The Labute approximate surface area is 233 Å². The van der Waals surface area contributed by atoms with Crippen molar-refractivity contribution in [2.45, 2.75) is 40.5 Å². The third kappa shape index (κ3) is 6.99. The van der Waals surface area contributed by atoms with E-state index in [0.717, 1.165) is 18.4 Å². The summed E-state index contributed by atoms with van der Waals surface area (Å²) >= 11 is 0. The number of benzene rings is 3. The fourth-order valence-electron chi connectivity index (χ4n) is 5.05. The molecule has 3 rings (SSSR count). The van der Waals surface area contributed by atoms with Crippen molar-refractivity contribution in [1.82, 2.24) is 0 Å². The average Bonchev–Trinajstić information content (AvgIpc) is 2.91. The van der Waals surface area contributed by atoms with Gasteiger partial charge in [0.1, 0.15) is 34.1 Å². The number of hydrogen-bond donors (Lipinski definition) is 0. The van der Waals surface area contributed by atoms with E-state index in [-0.39, 0.29) is 27.6 Å². The third-order valence-corrected chi connectivity index (χ3v) is 8.63. The van der Waals surface area contributed by atoms with Crippen LogP contribution in [0.15, 0.2) is 60.7 Å². The Morgan fingerprint density at radius 1 is 0.692 bits per heavy atom. The minimum atomic E-state index is -2.10. The highest BCUT2D eigenvalue weighted by atomic mass is 31.1. The van der Waals surface area contributed by atoms with Gasteiger partial charge in [-0.2, -0.15) is 0 Å². The number of ether oxygens (including phenoxy) is 4. The summed E-state index contributed by atoms with van der Waals surface area (Å²) in [5.74, 6) is 1.75. The van der Waals surface area contributed by atoms with Crippen LogP contribution in [-0.4, -0.2) is 39.5 Å². The number of carbonyl (C=O) groups is 2. The standard InChI is InChI=1S/C32H39O6P/c1-21(20-32(2,3)4)19-22-13-9-10-18-27(22)39(30(33)28-23(35-5)14-11-15-24(28)36-6)31(34)29-25(37-7)16-12-17-26(29)38-8/h9-18,21H,19-20H2,1-8H3. The lowest BCUT2D eigenvalue weighted by atomic mass is 9.83. The van der Waals surface area contributed by atoms with E-state index < -0.39 is 7.92 Å². The average molecular weight is 551 g/mol. The van der Waals surface area contributed by atoms with Crippen LogP contribution in [0.4, 0.5) is 0 Å². The van der Waals surface area contributed by atoms with Crippen LogP contribution in [0.1, 0.15) is 60.4 Å². The van der Waals surface area contributed by atoms with Gasteiger partial charge in [0.15, 0.2) is 0 Å². The molecule has 0 N–H and O–H groups in total. The van der Waals surface area contributed by atoms with Crippen LogP contribution in [0, 0.1) is 11.3 Å². The monoisotopic (exact) mass is 550 g/mol. The predicted molar refractivity (Wildman–Crippen MR) is 158 cm³/mol. The smallest absolute Gasteiger partial charge is 0.204 e. The molecule has 3 aromatic carbocycles. The van der Waals surface area contributed by atoms with E-state index in [2.05, 4.69) is 27.7 Å². The van der Waals surface area contributed by atoms with Crippen LogP contribution in [0.25, 0.3) is 0 Å². The number of carbonyl (C=O) groups excluding carboxylic acids is 2. The summed E-state index contributed by atoms with van der Waals surface area (Å²) in [4.78, 5) is 29.1. The van der Waals surface area contributed by atoms with E-state index in [1.165, 1.54) is 28.4 Å². The Hall–Kier alpha value is -3.37. The summed E-state index contributed by atoms with van der Waals surface area (Å²) in [6.07, 6.45) is 1.74. The molecule has 0 saturated heterocycles. The first kappa shape index (κ1) is 30.2. The highest BCUT2D eigenvalue weighted by Crippen LogP contribution is 2.50. The molecule has 0 bridgehead atoms. The van der Waals surface area contributed by atoms with E-state index in [4.69, 9.17) is 18.9 Å². The van der Waals surface area contributed by atoms with E-state index in [9.17, 15) is 9.59 Å². The first-order valence-electron chi connectivity index (χ1n) is 12.9. The van der Waals surface area contributed by atoms with Crippen molar-refractivity contribution >= 4 is 24.3 Å². The molecule has 1 atom stereocenters. The Bertz CT molecular complexity index is 1200. The van der Waals surface area contributed by atoms with Gasteiger partial charge in [-0.25, -0.2) is 0 Å². The minimum Gasteiger partial charge on any atom is -0.496 e. The van der Waals surface area contributed by atoms with Crippen molar-refractivity contribution in [3.05, 3.63) is 77.4 Å². The van der Waals surface area contributed by atoms with Gasteiger partial charge in [-0.1, -0.05) is 64.1 Å². The first-order valence-corrected chi connectivity index (χ1v) is 14.3. The van der Waals surface area contributed by atoms with Gasteiger partial charge in [-0.15, -0.1) is 0 Å². The molecular weight excluding hydrogens is 511 g/mol. The molecule has 0 aromatic heterocycles. The highest BCUT2D eigenvalue weighted by Gasteiger charge is 2.38. The second kappa shape index (κ2) is 13.1. The fourth-order valence-corrected chi connectivity index (χ4v) is 7.25. The van der Waals surface area contributed by atoms with Crippen molar-refractivity contribution in [2.75, 3.05) is 28.4 Å². The molecule has 0 heterocycles. The van der Waals surface area contributed by atoms with Gasteiger partial charge in [0.2, 0.25) is 11.0 Å². The van der Waals surface area contributed by atoms with Gasteiger partial charge in [-0.3, -0.25) is 9.59 Å². The molecule has 0 aliphatic rings. The summed E-state index contributed by atoms with van der Waals surface area (Å²) in [6.45, 7) is 8.87. The number of rotatable bonds is 12. The molecule has 0 fully saturated rings. The quantitative estimate of drug-likeness (QED) is 0.224. The first-order chi connectivity index (χ1) is 18.6. The van der Waals surface area contributed by atoms with Gasteiger partial charge in [0.25, 0.3) is 0 Å². The number of methoxy groups -OCH3 is 4. The normalized spacial score (nSPS) is 12.1. The molecular formula is C32H39O6P. The summed E-state index contributed by atoms with van der Waals surface area (Å²) in [5, 5.41) is 0.712. The van der Waals surface area contributed by atoms with Gasteiger partial charge >= 0.3 is 0 Å². The zero-order valence-corrected chi connectivity index (χ0v) is 25.1. The highest BCUT2D eigenvalue weighted by molar-refractivity contribution is 7.96. The van der Waals surface area contributed by atoms with Crippen LogP contribution in [0.5, 0.6) is 23.0 Å². The SMILES string of the molecule is COc1cccc(OC)c1C(=O)P(C(=O)c1c(OC)cccc1OC)c1ccccc1CC(C)CC(C)(C)C. The Morgan fingerprint density at radius 2 is 1.10 bits per heavy atom. The van der Waals surface area contributed by atoms with Gasteiger partial charge in [0.05, 0.1) is 36.4 Å². The maximum atomic E-state index is 14.6. The lowest BCUT2D eigenvalue weighted by molar-refractivity contribution is 0.104. The fraction of sp³-hybridized carbons (Fsp3) is 0.375. The van der Waals surface area contributed by atoms with Crippen molar-refractivity contribution < 1.29 is 28.5 Å². The molecule has 39 heavy (non-hydrogen) atoms. The number of hydrogen-bond acceptors (Lipinski definition) is 6. The molecule has 0 saturated carbocycles. The van der Waals surface area contributed by atoms with Gasteiger partial charge in [-0.05, 0) is 59.3 Å². The van der Waals surface area contributed by atoms with Gasteiger partial charge in [0, 0.05) is 0 Å². The summed E-state index contributed by atoms with van der Waals surface area (Å²) in [6, 6.07) is 18.1. The summed E-state index contributed by atoms with van der Waals surface area (Å²) in [5.41, 5.74) is 0.910. The van der Waals surface area contributed by atoms with E-state index >= 15 is 0 Å². The second-order valence-electron chi connectivity index (χ2n) is 10.7. The summed E-state index contributed by atoms with van der Waals surface area (Å²) < 4.78 is 22.3. The zero-order chi connectivity index (χ0) is 28.7. The largest absolute Gasteiger partial charge is 0.496 e. The topological polar surface area (TPSA) is 71.1 Å². The molecule has 0 spiro atoms. The van der Waals surface area contributed by atoms with Crippen molar-refractivity contribution in [3.63, 3.8) is 0 Å². The molecule has 6 nitrogen and oxygen atoms in total. The Balaban J connectivity index is 2.27. The summed E-state index contributed by atoms with van der Waals surface area (Å²) in [7, 11) is 3.90. The van der Waals surface area contributed by atoms with Crippen LogP contribution >= 0.6 is 7.92 Å². The lowest BCUT2D eigenvalue weighted by Gasteiger charge is -2.26. The van der Waals surface area contributed by atoms with E-state index in [0.29, 0.717) is 34.2 Å². The lowest BCUT2D eigenvalue weighted by Crippen LogP contribution is -2.23. The maximum Gasteiger partial charge on any atom is 0.204 e. The maximum absolute atomic E-state index is 14.6. The van der Waals surface area contributed by atoms with Gasteiger partial charge < -0.3 is 18.9 Å². The second-order valence-corrected chi connectivity index (χ2v) is 12.7. The van der Waals surface area contributed by atoms with Crippen molar-refractivity contribution in [2.24, 2.45) is 11.3 Å². The molecule has 1 unspecified atom stereocenters. The molecule has 0 radical (unpaired) electrons. The Morgan fingerprint density at radius 3 is 1.49 bits per heavy atom. The molecule has 7 heteroatoms. The Kier molecular flexibility index (Phi) is 10.2. The predicted octanol–water partition coefficient (Wildman–Crippen LogP) is 7.12. The zero-order valence-electron chi connectivity index (χ0n) is 24.2. The van der Waals surface area contributed by atoms with E-state index in [1.54, 1.807) is 36.4 Å². The van der Waals surface area contributed by atoms with Crippen LogP contribution in [-0.2, 0) is 6.42 Å². The van der Waals surface area contributed by atoms with Crippen LogP contribution in [0.3, 0.4) is 0 Å².